The number of likely N-dealkylation sites (tertiary alicyclic amines) is 1. The van der Waals surface area contributed by atoms with E-state index >= 15 is 0 Å². The average molecular weight is 505 g/mol. The number of carbonyl (C=O) groups is 2. The molecule has 4 rings (SSSR count). The van der Waals surface area contributed by atoms with Crippen LogP contribution in [0.25, 0.3) is 21.9 Å². The van der Waals surface area contributed by atoms with Crippen molar-refractivity contribution < 1.29 is 23.8 Å². The molecular weight excluding hydrogens is 468 g/mol. The predicted octanol–water partition coefficient (Wildman–Crippen LogP) is 4.70. The van der Waals surface area contributed by atoms with Crippen LogP contribution < -0.4 is 19.5 Å². The van der Waals surface area contributed by atoms with Crippen molar-refractivity contribution in [1.82, 2.24) is 10.2 Å². The molecule has 1 unspecified atom stereocenters. The first-order valence-corrected chi connectivity index (χ1v) is 12.6. The fraction of sp³-hybridized carbons (Fsp3) is 0.400. The highest BCUT2D eigenvalue weighted by Crippen LogP contribution is 2.41. The van der Waals surface area contributed by atoms with E-state index in [-0.39, 0.29) is 23.1 Å². The molecule has 0 radical (unpaired) electrons. The summed E-state index contributed by atoms with van der Waals surface area (Å²) in [5.41, 5.74) is 2.68. The number of rotatable bonds is 8. The van der Waals surface area contributed by atoms with E-state index in [1.54, 1.807) is 21.3 Å². The number of methoxy groups -OCH3 is 3. The molecule has 7 heteroatoms. The largest absolute Gasteiger partial charge is 0.493 e. The Kier molecular flexibility index (Phi) is 7.62. The van der Waals surface area contributed by atoms with E-state index in [0.717, 1.165) is 27.5 Å². The van der Waals surface area contributed by atoms with E-state index in [1.165, 1.54) is 0 Å². The first-order chi connectivity index (χ1) is 17.7. The predicted molar refractivity (Wildman–Crippen MR) is 145 cm³/mol. The van der Waals surface area contributed by atoms with Crippen molar-refractivity contribution in [2.24, 2.45) is 11.3 Å². The second kappa shape index (κ2) is 10.7. The number of amides is 2. The summed E-state index contributed by atoms with van der Waals surface area (Å²) in [5.74, 6) is 1.64. The molecule has 1 aliphatic heterocycles. The number of nitrogens with zero attached hydrogens (tertiary/aromatic N) is 1. The molecule has 0 spiro atoms. The maximum Gasteiger partial charge on any atom is 0.227 e. The number of carbonyl (C=O) groups excluding carboxylic acids is 2. The molecule has 1 atom stereocenters. The second-order valence-electron chi connectivity index (χ2n) is 10.2. The lowest BCUT2D eigenvalue weighted by Gasteiger charge is -2.24. The lowest BCUT2D eigenvalue weighted by molar-refractivity contribution is -0.130. The van der Waals surface area contributed by atoms with Gasteiger partial charge in [0.15, 0.2) is 11.5 Å². The zero-order valence-corrected chi connectivity index (χ0v) is 22.5. The van der Waals surface area contributed by atoms with E-state index in [0.29, 0.717) is 43.3 Å². The van der Waals surface area contributed by atoms with E-state index in [4.69, 9.17) is 14.2 Å². The minimum absolute atomic E-state index is 0.0245. The number of ether oxygens (including phenoxy) is 3. The van der Waals surface area contributed by atoms with Crippen LogP contribution in [-0.4, -0.2) is 57.7 Å². The first-order valence-electron chi connectivity index (χ1n) is 12.6. The third-order valence-corrected chi connectivity index (χ3v) is 7.22. The SMILES string of the molecule is CCNC(=O)C1CN(C(=O)Cc2ccc3cc(-c4cc(OC)c(OC)c(OC)c4)ccc3c2)CC1(C)C. The summed E-state index contributed by atoms with van der Waals surface area (Å²) in [6, 6.07) is 16.2. The molecule has 1 fully saturated rings. The maximum absolute atomic E-state index is 13.1. The minimum Gasteiger partial charge on any atom is -0.493 e. The third-order valence-electron chi connectivity index (χ3n) is 7.22. The van der Waals surface area contributed by atoms with Crippen molar-refractivity contribution in [3.63, 3.8) is 0 Å². The summed E-state index contributed by atoms with van der Waals surface area (Å²) in [6.45, 7) is 7.67. The molecule has 3 aromatic rings. The van der Waals surface area contributed by atoms with Gasteiger partial charge in [0.1, 0.15) is 0 Å². The van der Waals surface area contributed by atoms with Gasteiger partial charge in [-0.15, -0.1) is 0 Å². The molecule has 37 heavy (non-hydrogen) atoms. The summed E-state index contributed by atoms with van der Waals surface area (Å²) in [5, 5.41) is 5.04. The molecule has 3 aromatic carbocycles. The van der Waals surface area contributed by atoms with Crippen molar-refractivity contribution in [1.29, 1.82) is 0 Å². The van der Waals surface area contributed by atoms with Gasteiger partial charge in [-0.1, -0.05) is 44.2 Å². The lowest BCUT2D eigenvalue weighted by atomic mass is 9.81. The third kappa shape index (κ3) is 5.36. The van der Waals surface area contributed by atoms with E-state index in [9.17, 15) is 9.59 Å². The van der Waals surface area contributed by atoms with Crippen molar-refractivity contribution in [2.75, 3.05) is 41.0 Å². The van der Waals surface area contributed by atoms with Crippen LogP contribution in [-0.2, 0) is 16.0 Å². The van der Waals surface area contributed by atoms with Gasteiger partial charge in [0, 0.05) is 19.6 Å². The topological polar surface area (TPSA) is 77.1 Å². The van der Waals surface area contributed by atoms with Gasteiger partial charge in [-0.25, -0.2) is 0 Å². The summed E-state index contributed by atoms with van der Waals surface area (Å²) in [7, 11) is 4.80. The van der Waals surface area contributed by atoms with E-state index in [1.807, 2.05) is 36.1 Å². The highest BCUT2D eigenvalue weighted by Gasteiger charge is 2.44. The summed E-state index contributed by atoms with van der Waals surface area (Å²) < 4.78 is 16.4. The van der Waals surface area contributed by atoms with Gasteiger partial charge >= 0.3 is 0 Å². The van der Waals surface area contributed by atoms with Gasteiger partial charge in [-0.05, 0) is 58.0 Å². The smallest absolute Gasteiger partial charge is 0.227 e. The van der Waals surface area contributed by atoms with Crippen molar-refractivity contribution in [2.45, 2.75) is 27.2 Å². The normalized spacial score (nSPS) is 16.5. The Morgan fingerprint density at radius 1 is 0.919 bits per heavy atom. The van der Waals surface area contributed by atoms with Crippen LogP contribution in [0, 0.1) is 11.3 Å². The highest BCUT2D eigenvalue weighted by molar-refractivity contribution is 5.90. The standard InChI is InChI=1S/C30H36N2O5/c1-7-31-29(34)24-17-32(18-30(24,2)3)27(33)13-19-8-9-21-14-22(11-10-20(21)12-19)23-15-25(35-4)28(37-6)26(16-23)36-5/h8-12,14-16,24H,7,13,17-18H2,1-6H3,(H,31,34). The van der Waals surface area contributed by atoms with Crippen LogP contribution in [0.1, 0.15) is 26.3 Å². The Bertz CT molecular complexity index is 1290. The van der Waals surface area contributed by atoms with Crippen molar-refractivity contribution in [3.8, 4) is 28.4 Å². The van der Waals surface area contributed by atoms with E-state index in [2.05, 4.69) is 43.4 Å². The maximum atomic E-state index is 13.1. The van der Waals surface area contributed by atoms with Gasteiger partial charge in [0.2, 0.25) is 17.6 Å². The Labute approximate surface area is 218 Å². The summed E-state index contributed by atoms with van der Waals surface area (Å²) in [6.07, 6.45) is 0.308. The van der Waals surface area contributed by atoms with Crippen molar-refractivity contribution in [3.05, 3.63) is 54.1 Å². The number of hydrogen-bond donors (Lipinski definition) is 1. The van der Waals surface area contributed by atoms with Gasteiger partial charge in [-0.3, -0.25) is 9.59 Å². The molecular formula is C30H36N2O5. The zero-order valence-electron chi connectivity index (χ0n) is 22.5. The Hall–Kier alpha value is -3.74. The van der Waals surface area contributed by atoms with E-state index < -0.39 is 0 Å². The summed E-state index contributed by atoms with van der Waals surface area (Å²) >= 11 is 0. The molecule has 196 valence electrons. The number of nitrogens with one attached hydrogen (secondary N) is 1. The Morgan fingerprint density at radius 2 is 1.57 bits per heavy atom. The molecule has 1 heterocycles. The van der Waals surface area contributed by atoms with Crippen LogP contribution in [0.15, 0.2) is 48.5 Å². The Morgan fingerprint density at radius 3 is 2.19 bits per heavy atom. The van der Waals surface area contributed by atoms with Gasteiger partial charge < -0.3 is 24.4 Å². The van der Waals surface area contributed by atoms with Crippen LogP contribution in [0.3, 0.4) is 0 Å². The van der Waals surface area contributed by atoms with Crippen molar-refractivity contribution >= 4 is 22.6 Å². The molecule has 2 amide bonds. The molecule has 0 bridgehead atoms. The van der Waals surface area contributed by atoms with Crippen LogP contribution >= 0.6 is 0 Å². The average Bonchev–Trinajstić information content (AvgIpc) is 3.22. The number of benzene rings is 3. The number of fused-ring (bicyclic) bond motifs is 1. The minimum atomic E-state index is -0.248. The molecule has 0 saturated carbocycles. The molecule has 7 nitrogen and oxygen atoms in total. The van der Waals surface area contributed by atoms with Crippen LogP contribution in [0.5, 0.6) is 17.2 Å². The molecule has 1 saturated heterocycles. The highest BCUT2D eigenvalue weighted by atomic mass is 16.5. The molecule has 0 aliphatic carbocycles. The second-order valence-corrected chi connectivity index (χ2v) is 10.2. The molecule has 1 N–H and O–H groups in total. The quantitative estimate of drug-likeness (QED) is 0.481. The van der Waals surface area contributed by atoms with Crippen LogP contribution in [0.2, 0.25) is 0 Å². The first kappa shape index (κ1) is 26.3. The molecule has 1 aliphatic rings. The zero-order chi connectivity index (χ0) is 26.7. The summed E-state index contributed by atoms with van der Waals surface area (Å²) in [4.78, 5) is 27.5. The fourth-order valence-electron chi connectivity index (χ4n) is 5.18. The monoisotopic (exact) mass is 504 g/mol. The van der Waals surface area contributed by atoms with Gasteiger partial charge in [0.05, 0.1) is 33.7 Å². The van der Waals surface area contributed by atoms with Gasteiger partial charge in [-0.2, -0.15) is 0 Å². The Balaban J connectivity index is 1.53. The van der Waals surface area contributed by atoms with Gasteiger partial charge in [0.25, 0.3) is 0 Å². The number of hydrogen-bond acceptors (Lipinski definition) is 5. The fourth-order valence-corrected chi connectivity index (χ4v) is 5.18. The lowest BCUT2D eigenvalue weighted by Crippen LogP contribution is -2.38. The molecule has 0 aromatic heterocycles. The van der Waals surface area contributed by atoms with Crippen LogP contribution in [0.4, 0.5) is 0 Å².